The summed E-state index contributed by atoms with van der Waals surface area (Å²) in [5.74, 6) is 0. The summed E-state index contributed by atoms with van der Waals surface area (Å²) in [4.78, 5) is 4.62. The first-order chi connectivity index (χ1) is 9.20. The molecule has 0 aliphatic rings. The van der Waals surface area contributed by atoms with E-state index in [1.165, 1.54) is 10.3 Å². The summed E-state index contributed by atoms with van der Waals surface area (Å²) in [6.07, 6.45) is 1.93. The Labute approximate surface area is 120 Å². The molecule has 2 aromatic carbocycles. The highest BCUT2D eigenvalue weighted by atomic mass is 35.5. The van der Waals surface area contributed by atoms with Crippen LogP contribution < -0.4 is 5.73 Å². The van der Waals surface area contributed by atoms with E-state index in [1.807, 2.05) is 30.3 Å². The van der Waals surface area contributed by atoms with Gasteiger partial charge in [0.2, 0.25) is 0 Å². The lowest BCUT2D eigenvalue weighted by Crippen LogP contribution is -1.91. The van der Waals surface area contributed by atoms with Crippen molar-refractivity contribution in [3.8, 4) is 0 Å². The summed E-state index contributed by atoms with van der Waals surface area (Å²) in [7, 11) is 0. The molecule has 1 heterocycles. The van der Waals surface area contributed by atoms with Crippen LogP contribution >= 0.6 is 22.9 Å². The number of hydrogen-bond acceptors (Lipinski definition) is 3. The van der Waals surface area contributed by atoms with Crippen LogP contribution in [0.1, 0.15) is 10.6 Å². The average molecular weight is 289 g/mol. The largest absolute Gasteiger partial charge is 0.399 e. The predicted octanol–water partition coefficient (Wildman–Crippen LogP) is 4.32. The van der Waals surface area contributed by atoms with Gasteiger partial charge in [-0.25, -0.2) is 4.98 Å². The first-order valence-corrected chi connectivity index (χ1v) is 7.29. The van der Waals surface area contributed by atoms with Crippen molar-refractivity contribution in [2.24, 2.45) is 0 Å². The van der Waals surface area contributed by atoms with Crippen LogP contribution in [-0.2, 0) is 12.8 Å². The molecule has 4 heteroatoms. The van der Waals surface area contributed by atoms with Gasteiger partial charge in [0.05, 0.1) is 15.2 Å². The second kappa shape index (κ2) is 5.19. The van der Waals surface area contributed by atoms with E-state index < -0.39 is 0 Å². The van der Waals surface area contributed by atoms with Crippen LogP contribution in [0.5, 0.6) is 0 Å². The van der Waals surface area contributed by atoms with Gasteiger partial charge in [-0.05, 0) is 42.3 Å². The molecule has 0 aliphatic heterocycles. The van der Waals surface area contributed by atoms with Gasteiger partial charge in [-0.3, -0.25) is 0 Å². The number of nitrogen functional groups attached to an aromatic ring is 1. The second-order valence-corrected chi connectivity index (χ2v) is 6.01. The molecule has 0 unspecified atom stereocenters. The molecular weight excluding hydrogens is 276 g/mol. The Kier molecular flexibility index (Phi) is 3.40. The Bertz CT molecular complexity index is 704. The molecule has 2 N–H and O–H groups in total. The molecular formula is C15H13ClN2S. The summed E-state index contributed by atoms with van der Waals surface area (Å²) in [6, 6.07) is 13.9. The first-order valence-electron chi connectivity index (χ1n) is 6.10. The van der Waals surface area contributed by atoms with Gasteiger partial charge >= 0.3 is 0 Å². The third-order valence-corrected chi connectivity index (χ3v) is 4.33. The number of anilines is 1. The van der Waals surface area contributed by atoms with E-state index >= 15 is 0 Å². The molecule has 0 bridgehead atoms. The minimum atomic E-state index is 0.739. The lowest BCUT2D eigenvalue weighted by Gasteiger charge is -1.99. The van der Waals surface area contributed by atoms with Crippen LogP contribution in [0.15, 0.2) is 42.5 Å². The minimum Gasteiger partial charge on any atom is -0.399 e. The zero-order chi connectivity index (χ0) is 13.2. The van der Waals surface area contributed by atoms with Crippen molar-refractivity contribution in [2.45, 2.75) is 12.8 Å². The molecule has 3 rings (SSSR count). The fourth-order valence-electron chi connectivity index (χ4n) is 1.99. The number of hydrogen-bond donors (Lipinski definition) is 1. The Morgan fingerprint density at radius 2 is 1.84 bits per heavy atom. The number of benzene rings is 2. The maximum absolute atomic E-state index is 5.97. The van der Waals surface area contributed by atoms with E-state index in [9.17, 15) is 0 Å². The molecule has 0 radical (unpaired) electrons. The summed E-state index contributed by atoms with van der Waals surface area (Å²) in [6.45, 7) is 0. The zero-order valence-corrected chi connectivity index (χ0v) is 11.8. The molecule has 2 nitrogen and oxygen atoms in total. The summed E-state index contributed by atoms with van der Waals surface area (Å²) in [5.41, 5.74) is 8.75. The second-order valence-electron chi connectivity index (χ2n) is 4.46. The molecule has 0 saturated heterocycles. The van der Waals surface area contributed by atoms with E-state index in [1.54, 1.807) is 11.3 Å². The number of aryl methyl sites for hydroxylation is 2. The number of nitrogens with zero attached hydrogens (tertiary/aromatic N) is 1. The highest BCUT2D eigenvalue weighted by molar-refractivity contribution is 7.18. The van der Waals surface area contributed by atoms with Gasteiger partial charge in [0, 0.05) is 17.1 Å². The van der Waals surface area contributed by atoms with Crippen LogP contribution in [-0.4, -0.2) is 4.98 Å². The monoisotopic (exact) mass is 288 g/mol. The summed E-state index contributed by atoms with van der Waals surface area (Å²) >= 11 is 7.70. The lowest BCUT2D eigenvalue weighted by molar-refractivity contribution is 0.949. The zero-order valence-electron chi connectivity index (χ0n) is 10.3. The van der Waals surface area contributed by atoms with Crippen molar-refractivity contribution in [3.63, 3.8) is 0 Å². The van der Waals surface area contributed by atoms with Crippen molar-refractivity contribution >= 4 is 38.8 Å². The number of rotatable bonds is 3. The number of halogens is 1. The molecule has 0 saturated carbocycles. The van der Waals surface area contributed by atoms with E-state index in [-0.39, 0.29) is 0 Å². The Hall–Kier alpha value is -1.58. The standard InChI is InChI=1S/C15H13ClN2S/c16-11-4-7-14-13(9-11)18-15(19-14)8-3-10-1-5-12(17)6-2-10/h1-2,4-7,9H,3,8,17H2. The molecule has 96 valence electrons. The van der Waals surface area contributed by atoms with Gasteiger partial charge in [0.25, 0.3) is 0 Å². The summed E-state index contributed by atoms with van der Waals surface area (Å²) < 4.78 is 1.19. The van der Waals surface area contributed by atoms with Crippen LogP contribution in [0, 0.1) is 0 Å². The van der Waals surface area contributed by atoms with E-state index in [0.717, 1.165) is 34.1 Å². The number of thiazole rings is 1. The normalized spacial score (nSPS) is 11.0. The molecule has 0 spiro atoms. The predicted molar refractivity (Wildman–Crippen MR) is 82.9 cm³/mol. The van der Waals surface area contributed by atoms with Crippen molar-refractivity contribution in [2.75, 3.05) is 5.73 Å². The number of aromatic nitrogens is 1. The van der Waals surface area contributed by atoms with Crippen molar-refractivity contribution in [3.05, 3.63) is 58.1 Å². The maximum atomic E-state index is 5.97. The smallest absolute Gasteiger partial charge is 0.0941 e. The molecule has 19 heavy (non-hydrogen) atoms. The molecule has 3 aromatic rings. The molecule has 0 atom stereocenters. The van der Waals surface area contributed by atoms with Gasteiger partial charge in [-0.15, -0.1) is 11.3 Å². The fraction of sp³-hybridized carbons (Fsp3) is 0.133. The average Bonchev–Trinajstić information content (AvgIpc) is 2.80. The highest BCUT2D eigenvalue weighted by Crippen LogP contribution is 2.25. The molecule has 0 fully saturated rings. The van der Waals surface area contributed by atoms with Gasteiger partial charge in [-0.2, -0.15) is 0 Å². The number of fused-ring (bicyclic) bond motifs is 1. The van der Waals surface area contributed by atoms with Crippen molar-refractivity contribution in [1.29, 1.82) is 0 Å². The Morgan fingerprint density at radius 3 is 2.63 bits per heavy atom. The van der Waals surface area contributed by atoms with Gasteiger partial charge in [0.1, 0.15) is 0 Å². The van der Waals surface area contributed by atoms with Crippen LogP contribution in [0.4, 0.5) is 5.69 Å². The lowest BCUT2D eigenvalue weighted by atomic mass is 10.1. The van der Waals surface area contributed by atoms with E-state index in [0.29, 0.717) is 0 Å². The van der Waals surface area contributed by atoms with Crippen molar-refractivity contribution in [1.82, 2.24) is 4.98 Å². The van der Waals surface area contributed by atoms with Gasteiger partial charge in [0.15, 0.2) is 0 Å². The maximum Gasteiger partial charge on any atom is 0.0941 e. The quantitative estimate of drug-likeness (QED) is 0.729. The SMILES string of the molecule is Nc1ccc(CCc2nc3cc(Cl)ccc3s2)cc1. The third-order valence-electron chi connectivity index (χ3n) is 3.00. The molecule has 0 aliphatic carbocycles. The topological polar surface area (TPSA) is 38.9 Å². The van der Waals surface area contributed by atoms with Crippen molar-refractivity contribution < 1.29 is 0 Å². The minimum absolute atomic E-state index is 0.739. The first kappa shape index (κ1) is 12.5. The van der Waals surface area contributed by atoms with E-state index in [2.05, 4.69) is 17.1 Å². The third kappa shape index (κ3) is 2.88. The fourth-order valence-corrected chi connectivity index (χ4v) is 3.10. The van der Waals surface area contributed by atoms with Crippen LogP contribution in [0.3, 0.4) is 0 Å². The molecule has 1 aromatic heterocycles. The highest BCUT2D eigenvalue weighted by Gasteiger charge is 2.04. The van der Waals surface area contributed by atoms with Crippen LogP contribution in [0.25, 0.3) is 10.2 Å². The Balaban J connectivity index is 1.76. The van der Waals surface area contributed by atoms with Crippen LogP contribution in [0.2, 0.25) is 5.02 Å². The van der Waals surface area contributed by atoms with Gasteiger partial charge in [-0.1, -0.05) is 23.7 Å². The Morgan fingerprint density at radius 1 is 1.05 bits per heavy atom. The van der Waals surface area contributed by atoms with Gasteiger partial charge < -0.3 is 5.73 Å². The molecule has 0 amide bonds. The van der Waals surface area contributed by atoms with E-state index in [4.69, 9.17) is 17.3 Å². The number of nitrogens with two attached hydrogens (primary N) is 1. The summed E-state index contributed by atoms with van der Waals surface area (Å²) in [5, 5.41) is 1.89.